The number of para-hydroxylation sites is 1. The number of hydrogen-bond acceptors (Lipinski definition) is 2. The van der Waals surface area contributed by atoms with E-state index in [2.05, 4.69) is 13.8 Å². The lowest BCUT2D eigenvalue weighted by Crippen LogP contribution is -2.37. The van der Waals surface area contributed by atoms with E-state index in [4.69, 9.17) is 5.84 Å². The molecule has 0 aromatic heterocycles. The van der Waals surface area contributed by atoms with Gasteiger partial charge in [-0.1, -0.05) is 18.2 Å². The zero-order valence-corrected chi connectivity index (χ0v) is 8.21. The molecule has 1 rings (SSSR count). The van der Waals surface area contributed by atoms with Gasteiger partial charge in [-0.25, -0.2) is 5.84 Å². The van der Waals surface area contributed by atoms with Crippen molar-refractivity contribution in [3.05, 3.63) is 30.3 Å². The number of halogens is 1. The van der Waals surface area contributed by atoms with Gasteiger partial charge in [-0.15, -0.1) is 12.4 Å². The second-order valence-electron chi connectivity index (χ2n) is 2.84. The van der Waals surface area contributed by atoms with Gasteiger partial charge in [0.25, 0.3) is 0 Å². The van der Waals surface area contributed by atoms with Gasteiger partial charge in [-0.3, -0.25) is 0 Å². The fourth-order valence-electron chi connectivity index (χ4n) is 0.898. The molecule has 0 fully saturated rings. The van der Waals surface area contributed by atoms with Crippen molar-refractivity contribution >= 4 is 18.1 Å². The van der Waals surface area contributed by atoms with Gasteiger partial charge in [-0.2, -0.15) is 0 Å². The first-order valence-electron chi connectivity index (χ1n) is 3.81. The minimum absolute atomic E-state index is 0. The van der Waals surface area contributed by atoms with Crippen LogP contribution >= 0.6 is 12.4 Å². The molecular formula is C9H15ClN2. The van der Waals surface area contributed by atoms with Crippen LogP contribution in [0.25, 0.3) is 0 Å². The Balaban J connectivity index is 0.00000121. The highest BCUT2D eigenvalue weighted by atomic mass is 35.5. The topological polar surface area (TPSA) is 29.3 Å². The van der Waals surface area contributed by atoms with Crippen molar-refractivity contribution < 1.29 is 0 Å². The largest absolute Gasteiger partial charge is 0.309 e. The molecule has 0 spiro atoms. The molecule has 0 saturated heterocycles. The molecule has 2 nitrogen and oxygen atoms in total. The lowest BCUT2D eigenvalue weighted by atomic mass is 10.3. The zero-order valence-electron chi connectivity index (χ0n) is 7.40. The summed E-state index contributed by atoms with van der Waals surface area (Å²) in [7, 11) is 0. The fourth-order valence-corrected chi connectivity index (χ4v) is 0.898. The molecule has 0 aliphatic carbocycles. The molecule has 12 heavy (non-hydrogen) atoms. The summed E-state index contributed by atoms with van der Waals surface area (Å²) < 4.78 is 0. The molecule has 0 aliphatic heterocycles. The van der Waals surface area contributed by atoms with Gasteiger partial charge in [0, 0.05) is 6.04 Å². The number of benzene rings is 1. The van der Waals surface area contributed by atoms with Crippen LogP contribution in [-0.4, -0.2) is 6.04 Å². The summed E-state index contributed by atoms with van der Waals surface area (Å²) in [5.41, 5.74) is 1.06. The highest BCUT2D eigenvalue weighted by Gasteiger charge is 2.02. The Morgan fingerprint density at radius 1 is 1.17 bits per heavy atom. The number of nitrogens with zero attached hydrogens (tertiary/aromatic N) is 1. The second-order valence-corrected chi connectivity index (χ2v) is 2.84. The van der Waals surface area contributed by atoms with Crippen LogP contribution in [0, 0.1) is 0 Å². The summed E-state index contributed by atoms with van der Waals surface area (Å²) in [6.45, 7) is 4.12. The van der Waals surface area contributed by atoms with E-state index in [0.717, 1.165) is 5.69 Å². The van der Waals surface area contributed by atoms with Gasteiger partial charge in [0.2, 0.25) is 0 Å². The molecule has 1 aromatic carbocycles. The monoisotopic (exact) mass is 186 g/mol. The molecule has 0 heterocycles. The van der Waals surface area contributed by atoms with Crippen LogP contribution in [0.5, 0.6) is 0 Å². The van der Waals surface area contributed by atoms with Crippen LogP contribution in [0.1, 0.15) is 13.8 Å². The van der Waals surface area contributed by atoms with Crippen molar-refractivity contribution in [3.63, 3.8) is 0 Å². The summed E-state index contributed by atoms with van der Waals surface area (Å²) in [5.74, 6) is 5.77. The van der Waals surface area contributed by atoms with E-state index in [1.54, 1.807) is 5.01 Å². The maximum Gasteiger partial charge on any atom is 0.0520 e. The van der Waals surface area contributed by atoms with Crippen molar-refractivity contribution in [2.24, 2.45) is 5.84 Å². The highest BCUT2D eigenvalue weighted by Crippen LogP contribution is 2.11. The summed E-state index contributed by atoms with van der Waals surface area (Å²) in [4.78, 5) is 0. The number of nitrogens with two attached hydrogens (primary N) is 1. The zero-order chi connectivity index (χ0) is 8.27. The van der Waals surface area contributed by atoms with Crippen LogP contribution in [0.4, 0.5) is 5.69 Å². The number of hydrazine groups is 1. The SMILES string of the molecule is CC(C)N(N)c1ccccc1.Cl. The van der Waals surface area contributed by atoms with Crippen molar-refractivity contribution in [1.82, 2.24) is 0 Å². The first-order chi connectivity index (χ1) is 5.22. The maximum absolute atomic E-state index is 5.77. The van der Waals surface area contributed by atoms with Gasteiger partial charge >= 0.3 is 0 Å². The molecule has 0 bridgehead atoms. The predicted molar refractivity (Wildman–Crippen MR) is 55.5 cm³/mol. The third-order valence-corrected chi connectivity index (χ3v) is 1.61. The van der Waals surface area contributed by atoms with Gasteiger partial charge in [0.1, 0.15) is 0 Å². The van der Waals surface area contributed by atoms with E-state index in [9.17, 15) is 0 Å². The molecule has 2 N–H and O–H groups in total. The average molecular weight is 187 g/mol. The summed E-state index contributed by atoms with van der Waals surface area (Å²) in [5, 5.41) is 1.75. The predicted octanol–water partition coefficient (Wildman–Crippen LogP) is 2.20. The fraction of sp³-hybridized carbons (Fsp3) is 0.333. The summed E-state index contributed by atoms with van der Waals surface area (Å²) in [6, 6.07) is 10.3. The molecular weight excluding hydrogens is 172 g/mol. The van der Waals surface area contributed by atoms with Crippen LogP contribution in [0.3, 0.4) is 0 Å². The molecule has 0 unspecified atom stereocenters. The molecule has 1 aromatic rings. The van der Waals surface area contributed by atoms with Crippen LogP contribution in [-0.2, 0) is 0 Å². The van der Waals surface area contributed by atoms with E-state index in [-0.39, 0.29) is 12.4 Å². The van der Waals surface area contributed by atoms with Crippen molar-refractivity contribution in [2.75, 3.05) is 5.01 Å². The average Bonchev–Trinajstić information content (AvgIpc) is 2.05. The van der Waals surface area contributed by atoms with E-state index in [1.807, 2.05) is 30.3 Å². The maximum atomic E-state index is 5.77. The standard InChI is InChI=1S/C9H14N2.ClH/c1-8(2)11(10)9-6-4-3-5-7-9;/h3-8H,10H2,1-2H3;1H. The van der Waals surface area contributed by atoms with Gasteiger partial charge in [0.15, 0.2) is 0 Å². The molecule has 0 radical (unpaired) electrons. The van der Waals surface area contributed by atoms with E-state index in [1.165, 1.54) is 0 Å². The van der Waals surface area contributed by atoms with Gasteiger partial charge in [0.05, 0.1) is 5.69 Å². The Kier molecular flexibility index (Phi) is 4.71. The quantitative estimate of drug-likeness (QED) is 0.567. The third-order valence-electron chi connectivity index (χ3n) is 1.61. The molecule has 0 amide bonds. The van der Waals surface area contributed by atoms with E-state index >= 15 is 0 Å². The van der Waals surface area contributed by atoms with Crippen LogP contribution < -0.4 is 10.9 Å². The molecule has 0 atom stereocenters. The molecule has 0 aliphatic rings. The Hall–Kier alpha value is -0.730. The van der Waals surface area contributed by atoms with Crippen molar-refractivity contribution in [1.29, 1.82) is 0 Å². The number of hydrogen-bond donors (Lipinski definition) is 1. The Labute approximate surface area is 79.7 Å². The Bertz CT molecular complexity index is 211. The van der Waals surface area contributed by atoms with Crippen molar-refractivity contribution in [2.45, 2.75) is 19.9 Å². The van der Waals surface area contributed by atoms with E-state index in [0.29, 0.717) is 6.04 Å². The van der Waals surface area contributed by atoms with Crippen LogP contribution in [0.15, 0.2) is 30.3 Å². The molecule has 0 saturated carbocycles. The Morgan fingerprint density at radius 3 is 2.08 bits per heavy atom. The first-order valence-corrected chi connectivity index (χ1v) is 3.81. The smallest absolute Gasteiger partial charge is 0.0520 e. The Morgan fingerprint density at radius 2 is 1.67 bits per heavy atom. The first kappa shape index (κ1) is 11.3. The second kappa shape index (κ2) is 5.01. The lowest BCUT2D eigenvalue weighted by molar-refractivity contribution is 0.711. The summed E-state index contributed by atoms with van der Waals surface area (Å²) >= 11 is 0. The normalized spacial score (nSPS) is 9.33. The van der Waals surface area contributed by atoms with E-state index < -0.39 is 0 Å². The van der Waals surface area contributed by atoms with Crippen LogP contribution in [0.2, 0.25) is 0 Å². The van der Waals surface area contributed by atoms with Gasteiger partial charge < -0.3 is 5.01 Å². The summed E-state index contributed by atoms with van der Waals surface area (Å²) in [6.07, 6.45) is 0. The molecule has 3 heteroatoms. The highest BCUT2D eigenvalue weighted by molar-refractivity contribution is 5.85. The lowest BCUT2D eigenvalue weighted by Gasteiger charge is -2.22. The number of anilines is 1. The minimum Gasteiger partial charge on any atom is -0.309 e. The molecule has 68 valence electrons. The third kappa shape index (κ3) is 2.72. The minimum atomic E-state index is 0. The van der Waals surface area contributed by atoms with Crippen molar-refractivity contribution in [3.8, 4) is 0 Å². The van der Waals surface area contributed by atoms with Gasteiger partial charge in [-0.05, 0) is 26.0 Å². The number of rotatable bonds is 2.